The third kappa shape index (κ3) is 1.83. The summed E-state index contributed by atoms with van der Waals surface area (Å²) in [6, 6.07) is 6.93. The lowest BCUT2D eigenvalue weighted by atomic mass is 10.3. The molecule has 0 aliphatic carbocycles. The minimum absolute atomic E-state index is 0.106. The average molecular weight is 301 g/mol. The van der Waals surface area contributed by atoms with Crippen molar-refractivity contribution in [2.75, 3.05) is 5.73 Å². The molecule has 2 N–H and O–H groups in total. The molecule has 1 heterocycles. The summed E-state index contributed by atoms with van der Waals surface area (Å²) in [6.07, 6.45) is 1.46. The summed E-state index contributed by atoms with van der Waals surface area (Å²) in [4.78, 5) is 11.8. The van der Waals surface area contributed by atoms with Gasteiger partial charge in [-0.25, -0.2) is 0 Å². The molecular weight excluding hydrogens is 293 g/mol. The quantitative estimate of drug-likeness (QED) is 0.878. The molecule has 1 aromatic heterocycles. The van der Waals surface area contributed by atoms with Crippen molar-refractivity contribution in [1.29, 1.82) is 0 Å². The van der Waals surface area contributed by atoms with Crippen LogP contribution in [0.4, 0.5) is 5.69 Å². The van der Waals surface area contributed by atoms with Crippen molar-refractivity contribution in [3.8, 4) is 5.69 Å². The highest BCUT2D eigenvalue weighted by atomic mass is 79.9. The minimum Gasteiger partial charge on any atom is -0.393 e. The van der Waals surface area contributed by atoms with Crippen LogP contribution >= 0.6 is 27.5 Å². The second kappa shape index (κ2) is 4.27. The summed E-state index contributed by atoms with van der Waals surface area (Å²) in [5, 5.41) is 4.41. The van der Waals surface area contributed by atoms with Crippen molar-refractivity contribution in [3.63, 3.8) is 0 Å². The van der Waals surface area contributed by atoms with E-state index in [0.29, 0.717) is 15.2 Å². The molecule has 0 aliphatic rings. The van der Waals surface area contributed by atoms with E-state index in [-0.39, 0.29) is 5.69 Å². The number of aromatic nitrogens is 2. The average Bonchev–Trinajstić information content (AvgIpc) is 2.28. The van der Waals surface area contributed by atoms with Gasteiger partial charge in [0.25, 0.3) is 5.56 Å². The molecule has 82 valence electrons. The fourth-order valence-electron chi connectivity index (χ4n) is 1.24. The van der Waals surface area contributed by atoms with Gasteiger partial charge in [-0.3, -0.25) is 4.79 Å². The lowest BCUT2D eigenvalue weighted by molar-refractivity contribution is 0.807. The first-order chi connectivity index (χ1) is 7.61. The maximum atomic E-state index is 11.8. The zero-order chi connectivity index (χ0) is 11.7. The normalized spacial score (nSPS) is 10.4. The number of nitrogen functional groups attached to an aromatic ring is 1. The number of para-hydroxylation sites is 1. The van der Waals surface area contributed by atoms with Gasteiger partial charge in [-0.2, -0.15) is 9.78 Å². The Morgan fingerprint density at radius 3 is 2.75 bits per heavy atom. The van der Waals surface area contributed by atoms with Crippen LogP contribution in [0.15, 0.2) is 39.7 Å². The van der Waals surface area contributed by atoms with Gasteiger partial charge in [0.1, 0.15) is 5.69 Å². The van der Waals surface area contributed by atoms with Crippen molar-refractivity contribution >= 4 is 33.2 Å². The first kappa shape index (κ1) is 11.2. The van der Waals surface area contributed by atoms with Gasteiger partial charge >= 0.3 is 0 Å². The van der Waals surface area contributed by atoms with E-state index in [1.165, 1.54) is 10.9 Å². The second-order valence-corrected chi connectivity index (χ2v) is 4.34. The largest absolute Gasteiger partial charge is 0.393 e. The maximum Gasteiger partial charge on any atom is 0.295 e. The Kier molecular flexibility index (Phi) is 2.98. The molecule has 0 atom stereocenters. The highest BCUT2D eigenvalue weighted by Gasteiger charge is 2.09. The standard InChI is InChI=1S/C10H7BrClN3O/c11-6-5-14-15(10(16)9(6)13)8-4-2-1-3-7(8)12/h1-5H,13H2. The van der Waals surface area contributed by atoms with E-state index in [2.05, 4.69) is 21.0 Å². The summed E-state index contributed by atoms with van der Waals surface area (Å²) in [6.45, 7) is 0. The summed E-state index contributed by atoms with van der Waals surface area (Å²) in [5.41, 5.74) is 5.82. The van der Waals surface area contributed by atoms with Gasteiger partial charge in [-0.05, 0) is 28.1 Å². The molecule has 0 fully saturated rings. The number of nitrogens with two attached hydrogens (primary N) is 1. The Balaban J connectivity index is 2.72. The Bertz CT molecular complexity index is 597. The monoisotopic (exact) mass is 299 g/mol. The molecule has 0 saturated heterocycles. The molecule has 4 nitrogen and oxygen atoms in total. The number of rotatable bonds is 1. The number of halogens is 2. The zero-order valence-corrected chi connectivity index (χ0v) is 10.4. The van der Waals surface area contributed by atoms with Crippen molar-refractivity contribution in [3.05, 3.63) is 50.3 Å². The summed E-state index contributed by atoms with van der Waals surface area (Å²) < 4.78 is 1.64. The van der Waals surface area contributed by atoms with Crippen LogP contribution in [0.3, 0.4) is 0 Å². The lowest BCUT2D eigenvalue weighted by Gasteiger charge is -2.07. The van der Waals surface area contributed by atoms with Gasteiger partial charge in [-0.1, -0.05) is 23.7 Å². The lowest BCUT2D eigenvalue weighted by Crippen LogP contribution is -2.24. The summed E-state index contributed by atoms with van der Waals surface area (Å²) >= 11 is 9.11. The molecule has 0 bridgehead atoms. The number of hydrogen-bond donors (Lipinski definition) is 1. The van der Waals surface area contributed by atoms with Gasteiger partial charge in [0, 0.05) is 0 Å². The van der Waals surface area contributed by atoms with Crippen LogP contribution in [0.1, 0.15) is 0 Å². The van der Waals surface area contributed by atoms with E-state index in [0.717, 1.165) is 0 Å². The molecule has 0 aliphatic heterocycles. The van der Waals surface area contributed by atoms with E-state index in [9.17, 15) is 4.79 Å². The van der Waals surface area contributed by atoms with Crippen LogP contribution in [0.25, 0.3) is 5.69 Å². The molecule has 0 radical (unpaired) electrons. The molecule has 1 aromatic carbocycles. The molecule has 0 spiro atoms. The van der Waals surface area contributed by atoms with Crippen LogP contribution in [-0.4, -0.2) is 9.78 Å². The van der Waals surface area contributed by atoms with Gasteiger partial charge in [0.05, 0.1) is 21.4 Å². The summed E-state index contributed by atoms with van der Waals surface area (Å²) in [5.74, 6) is 0. The van der Waals surface area contributed by atoms with Crippen molar-refractivity contribution in [1.82, 2.24) is 9.78 Å². The Labute approximate surface area is 105 Å². The fraction of sp³-hybridized carbons (Fsp3) is 0. The fourth-order valence-corrected chi connectivity index (χ4v) is 1.72. The molecule has 6 heteroatoms. The Hall–Kier alpha value is -1.33. The third-order valence-electron chi connectivity index (χ3n) is 2.05. The van der Waals surface area contributed by atoms with E-state index >= 15 is 0 Å². The predicted molar refractivity (Wildman–Crippen MR) is 67.0 cm³/mol. The van der Waals surface area contributed by atoms with E-state index in [1.807, 2.05) is 0 Å². The zero-order valence-electron chi connectivity index (χ0n) is 8.02. The number of hydrogen-bond acceptors (Lipinski definition) is 3. The molecule has 16 heavy (non-hydrogen) atoms. The maximum absolute atomic E-state index is 11.8. The topological polar surface area (TPSA) is 60.9 Å². The number of anilines is 1. The SMILES string of the molecule is Nc1c(Br)cnn(-c2ccccc2Cl)c1=O. The van der Waals surface area contributed by atoms with Crippen LogP contribution in [0.5, 0.6) is 0 Å². The smallest absolute Gasteiger partial charge is 0.295 e. The van der Waals surface area contributed by atoms with Gasteiger partial charge in [0.2, 0.25) is 0 Å². The molecule has 2 aromatic rings. The van der Waals surface area contributed by atoms with Crippen LogP contribution < -0.4 is 11.3 Å². The van der Waals surface area contributed by atoms with E-state index in [4.69, 9.17) is 17.3 Å². The predicted octanol–water partition coefficient (Wildman–Crippen LogP) is 2.23. The summed E-state index contributed by atoms with van der Waals surface area (Å²) in [7, 11) is 0. The van der Waals surface area contributed by atoms with Crippen molar-refractivity contribution in [2.45, 2.75) is 0 Å². The first-order valence-corrected chi connectivity index (χ1v) is 5.56. The van der Waals surface area contributed by atoms with Crippen molar-refractivity contribution < 1.29 is 0 Å². The van der Waals surface area contributed by atoms with Gasteiger partial charge in [-0.15, -0.1) is 0 Å². The van der Waals surface area contributed by atoms with E-state index < -0.39 is 5.56 Å². The highest BCUT2D eigenvalue weighted by molar-refractivity contribution is 9.10. The van der Waals surface area contributed by atoms with Gasteiger partial charge in [0.15, 0.2) is 0 Å². The minimum atomic E-state index is -0.400. The molecular formula is C10H7BrClN3O. The first-order valence-electron chi connectivity index (χ1n) is 4.39. The van der Waals surface area contributed by atoms with E-state index in [1.54, 1.807) is 24.3 Å². The van der Waals surface area contributed by atoms with Crippen LogP contribution in [-0.2, 0) is 0 Å². The number of nitrogens with zero attached hydrogens (tertiary/aromatic N) is 2. The van der Waals surface area contributed by atoms with Gasteiger partial charge < -0.3 is 5.73 Å². The molecule has 0 amide bonds. The Morgan fingerprint density at radius 1 is 1.38 bits per heavy atom. The number of benzene rings is 1. The van der Waals surface area contributed by atoms with Crippen molar-refractivity contribution in [2.24, 2.45) is 0 Å². The second-order valence-electron chi connectivity index (χ2n) is 3.07. The molecule has 0 saturated carbocycles. The van der Waals surface area contributed by atoms with Crippen LogP contribution in [0.2, 0.25) is 5.02 Å². The Morgan fingerprint density at radius 2 is 2.06 bits per heavy atom. The molecule has 2 rings (SSSR count). The molecule has 0 unspecified atom stereocenters. The highest BCUT2D eigenvalue weighted by Crippen LogP contribution is 2.19. The van der Waals surface area contributed by atoms with Crippen LogP contribution in [0, 0.1) is 0 Å². The third-order valence-corrected chi connectivity index (χ3v) is 3.00.